The number of hydrogen-bond donors (Lipinski definition) is 0. The minimum atomic E-state index is -0.349. The van der Waals surface area contributed by atoms with Crippen LogP contribution in [0.15, 0.2) is 41.0 Å². The Kier molecular flexibility index (Phi) is 5.10. The van der Waals surface area contributed by atoms with Crippen molar-refractivity contribution in [2.75, 3.05) is 13.7 Å². The Hall–Kier alpha value is -2.11. The molecule has 1 saturated heterocycles. The van der Waals surface area contributed by atoms with Gasteiger partial charge < -0.3 is 18.6 Å². The van der Waals surface area contributed by atoms with E-state index < -0.39 is 0 Å². The summed E-state index contributed by atoms with van der Waals surface area (Å²) in [6.07, 6.45) is 4.78. The Morgan fingerprint density at radius 1 is 1.26 bits per heavy atom. The van der Waals surface area contributed by atoms with Crippen LogP contribution in [0.1, 0.15) is 35.2 Å². The zero-order valence-corrected chi connectivity index (χ0v) is 13.1. The minimum absolute atomic E-state index is 0.110. The van der Waals surface area contributed by atoms with E-state index >= 15 is 0 Å². The van der Waals surface area contributed by atoms with Gasteiger partial charge in [0, 0.05) is 17.7 Å². The molecule has 2 heterocycles. The maximum Gasteiger partial charge on any atom is 0.337 e. The van der Waals surface area contributed by atoms with E-state index in [1.807, 2.05) is 18.2 Å². The monoisotopic (exact) mass is 316 g/mol. The second kappa shape index (κ2) is 7.44. The summed E-state index contributed by atoms with van der Waals surface area (Å²) in [7, 11) is 1.37. The van der Waals surface area contributed by atoms with Gasteiger partial charge in [0.1, 0.15) is 5.76 Å². The number of hydrogen-bond acceptors (Lipinski definition) is 5. The topological polar surface area (TPSA) is 57.9 Å². The molecule has 5 heteroatoms. The standard InChI is InChI=1S/C18H20O5/c1-20-18(19)15-7-5-14(6-8-15)16-10-13(11-22-16)12-23-17-4-2-3-9-21-17/h5-8,10-11,17H,2-4,9,12H2,1H3. The van der Waals surface area contributed by atoms with Crippen LogP contribution in [0.5, 0.6) is 0 Å². The fourth-order valence-corrected chi connectivity index (χ4v) is 2.52. The number of furan rings is 1. The zero-order chi connectivity index (χ0) is 16.1. The number of benzene rings is 1. The Balaban J connectivity index is 1.60. The number of esters is 1. The molecule has 1 aliphatic rings. The molecule has 1 atom stereocenters. The second-order valence-electron chi connectivity index (χ2n) is 5.50. The second-order valence-corrected chi connectivity index (χ2v) is 5.50. The normalized spacial score (nSPS) is 17.9. The molecule has 0 aliphatic carbocycles. The highest BCUT2D eigenvalue weighted by Gasteiger charge is 2.15. The van der Waals surface area contributed by atoms with Gasteiger partial charge in [-0.1, -0.05) is 12.1 Å². The third-order valence-electron chi connectivity index (χ3n) is 3.82. The Morgan fingerprint density at radius 3 is 2.78 bits per heavy atom. The highest BCUT2D eigenvalue weighted by atomic mass is 16.7. The zero-order valence-electron chi connectivity index (χ0n) is 13.1. The highest BCUT2D eigenvalue weighted by Crippen LogP contribution is 2.24. The van der Waals surface area contributed by atoms with E-state index in [1.54, 1.807) is 18.4 Å². The van der Waals surface area contributed by atoms with Crippen molar-refractivity contribution in [3.63, 3.8) is 0 Å². The van der Waals surface area contributed by atoms with Gasteiger partial charge in [0.25, 0.3) is 0 Å². The SMILES string of the molecule is COC(=O)c1ccc(-c2cc(COC3CCCCO3)co2)cc1. The third kappa shape index (κ3) is 4.00. The summed E-state index contributed by atoms with van der Waals surface area (Å²) in [4.78, 5) is 11.4. The number of carbonyl (C=O) groups excluding carboxylic acids is 1. The predicted octanol–water partition coefficient (Wildman–Crippen LogP) is 3.78. The predicted molar refractivity (Wildman–Crippen MR) is 83.9 cm³/mol. The first-order chi connectivity index (χ1) is 11.3. The Labute approximate surface area is 135 Å². The molecule has 0 N–H and O–H groups in total. The molecule has 0 radical (unpaired) electrons. The van der Waals surface area contributed by atoms with E-state index in [1.165, 1.54) is 7.11 Å². The smallest absolute Gasteiger partial charge is 0.337 e. The lowest BCUT2D eigenvalue weighted by molar-refractivity contribution is -0.168. The molecule has 3 rings (SSSR count). The molecule has 122 valence electrons. The van der Waals surface area contributed by atoms with Crippen molar-refractivity contribution in [2.24, 2.45) is 0 Å². The van der Waals surface area contributed by atoms with Crippen LogP contribution in [0.25, 0.3) is 11.3 Å². The molecular formula is C18H20O5. The Morgan fingerprint density at radius 2 is 2.09 bits per heavy atom. The fourth-order valence-electron chi connectivity index (χ4n) is 2.52. The van der Waals surface area contributed by atoms with Gasteiger partial charge in [0.15, 0.2) is 6.29 Å². The van der Waals surface area contributed by atoms with Crippen LogP contribution in [0.3, 0.4) is 0 Å². The molecule has 1 fully saturated rings. The molecule has 0 spiro atoms. The number of rotatable bonds is 5. The van der Waals surface area contributed by atoms with Crippen LogP contribution in [0, 0.1) is 0 Å². The van der Waals surface area contributed by atoms with Crippen LogP contribution >= 0.6 is 0 Å². The van der Waals surface area contributed by atoms with Crippen LogP contribution in [-0.4, -0.2) is 26.0 Å². The van der Waals surface area contributed by atoms with E-state index in [0.29, 0.717) is 12.2 Å². The van der Waals surface area contributed by atoms with Crippen molar-refractivity contribution < 1.29 is 23.4 Å². The minimum Gasteiger partial charge on any atom is -0.465 e. The molecule has 1 aliphatic heterocycles. The van der Waals surface area contributed by atoms with E-state index in [4.69, 9.17) is 13.9 Å². The van der Waals surface area contributed by atoms with Crippen LogP contribution in [-0.2, 0) is 20.8 Å². The van der Waals surface area contributed by atoms with Crippen molar-refractivity contribution in [1.29, 1.82) is 0 Å². The number of carbonyl (C=O) groups is 1. The van der Waals surface area contributed by atoms with E-state index in [9.17, 15) is 4.79 Å². The van der Waals surface area contributed by atoms with Gasteiger partial charge in [-0.15, -0.1) is 0 Å². The number of methoxy groups -OCH3 is 1. The van der Waals surface area contributed by atoms with Gasteiger partial charge in [0.05, 0.1) is 25.5 Å². The van der Waals surface area contributed by atoms with Gasteiger partial charge in [-0.05, 0) is 37.5 Å². The summed E-state index contributed by atoms with van der Waals surface area (Å²) in [5.41, 5.74) is 2.38. The van der Waals surface area contributed by atoms with Gasteiger partial charge in [-0.3, -0.25) is 0 Å². The number of ether oxygens (including phenoxy) is 3. The maximum atomic E-state index is 11.4. The average molecular weight is 316 g/mol. The molecule has 0 saturated carbocycles. The highest BCUT2D eigenvalue weighted by molar-refractivity contribution is 5.89. The summed E-state index contributed by atoms with van der Waals surface area (Å²) in [6, 6.07) is 9.04. The summed E-state index contributed by atoms with van der Waals surface area (Å²) in [6.45, 7) is 1.24. The molecular weight excluding hydrogens is 296 g/mol. The first-order valence-corrected chi connectivity index (χ1v) is 7.75. The molecule has 5 nitrogen and oxygen atoms in total. The fraction of sp³-hybridized carbons (Fsp3) is 0.389. The van der Waals surface area contributed by atoms with Crippen molar-refractivity contribution in [3.05, 3.63) is 47.7 Å². The molecule has 1 aromatic heterocycles. The van der Waals surface area contributed by atoms with E-state index in [2.05, 4.69) is 4.74 Å². The van der Waals surface area contributed by atoms with Gasteiger partial charge in [-0.2, -0.15) is 0 Å². The lowest BCUT2D eigenvalue weighted by Gasteiger charge is -2.22. The first-order valence-electron chi connectivity index (χ1n) is 7.75. The molecule has 1 aromatic carbocycles. The lowest BCUT2D eigenvalue weighted by atomic mass is 10.1. The summed E-state index contributed by atoms with van der Waals surface area (Å²) >= 11 is 0. The Bertz CT molecular complexity index is 638. The summed E-state index contributed by atoms with van der Waals surface area (Å²) in [5, 5.41) is 0. The third-order valence-corrected chi connectivity index (χ3v) is 3.82. The molecule has 1 unspecified atom stereocenters. The van der Waals surface area contributed by atoms with Gasteiger partial charge in [-0.25, -0.2) is 4.79 Å². The van der Waals surface area contributed by atoms with Crippen LogP contribution in [0.4, 0.5) is 0 Å². The van der Waals surface area contributed by atoms with Crippen molar-refractivity contribution in [2.45, 2.75) is 32.2 Å². The van der Waals surface area contributed by atoms with Crippen molar-refractivity contribution in [3.8, 4) is 11.3 Å². The quantitative estimate of drug-likeness (QED) is 0.786. The molecule has 23 heavy (non-hydrogen) atoms. The summed E-state index contributed by atoms with van der Waals surface area (Å²) < 4.78 is 21.5. The molecule has 0 amide bonds. The van der Waals surface area contributed by atoms with Gasteiger partial charge in [0.2, 0.25) is 0 Å². The van der Waals surface area contributed by atoms with Crippen LogP contribution in [0.2, 0.25) is 0 Å². The van der Waals surface area contributed by atoms with Crippen LogP contribution < -0.4 is 0 Å². The maximum absolute atomic E-state index is 11.4. The first kappa shape index (κ1) is 15.8. The largest absolute Gasteiger partial charge is 0.465 e. The van der Waals surface area contributed by atoms with Crippen molar-refractivity contribution >= 4 is 5.97 Å². The molecule has 2 aromatic rings. The van der Waals surface area contributed by atoms with E-state index in [0.717, 1.165) is 42.8 Å². The molecule has 0 bridgehead atoms. The lowest BCUT2D eigenvalue weighted by Crippen LogP contribution is -2.21. The average Bonchev–Trinajstić information content (AvgIpc) is 3.09. The summed E-state index contributed by atoms with van der Waals surface area (Å²) in [5.74, 6) is 0.391. The van der Waals surface area contributed by atoms with Crippen molar-refractivity contribution in [1.82, 2.24) is 0 Å². The van der Waals surface area contributed by atoms with Gasteiger partial charge >= 0.3 is 5.97 Å². The van der Waals surface area contributed by atoms with E-state index in [-0.39, 0.29) is 12.3 Å².